The minimum absolute atomic E-state index is 0.0787. The zero-order valence-corrected chi connectivity index (χ0v) is 12.5. The highest BCUT2D eigenvalue weighted by molar-refractivity contribution is 5.95. The first kappa shape index (κ1) is 17.8. The minimum Gasteiger partial charge on any atom is -0.388 e. The van der Waals surface area contributed by atoms with Gasteiger partial charge in [-0.05, 0) is 24.6 Å². The Kier molecular flexibility index (Phi) is 7.25. The van der Waals surface area contributed by atoms with Gasteiger partial charge in [-0.1, -0.05) is 19.9 Å². The van der Waals surface area contributed by atoms with Crippen LogP contribution in [0.3, 0.4) is 0 Å². The molecule has 2 heterocycles. The molecule has 4 nitrogen and oxygen atoms in total. The third-order valence-corrected chi connectivity index (χ3v) is 2.91. The molecule has 118 valence electrons. The van der Waals surface area contributed by atoms with Crippen LogP contribution < -0.4 is 0 Å². The topological polar surface area (TPSA) is 63.1 Å². The molecular weight excluding hydrogens is 290 g/mol. The number of pyridine rings is 2. The van der Waals surface area contributed by atoms with Gasteiger partial charge in [-0.15, -0.1) is 0 Å². The van der Waals surface area contributed by atoms with Crippen molar-refractivity contribution < 1.29 is 18.7 Å². The summed E-state index contributed by atoms with van der Waals surface area (Å²) in [7, 11) is 0. The Morgan fingerprint density at radius 2 is 1.73 bits per heavy atom. The van der Waals surface area contributed by atoms with Crippen molar-refractivity contribution in [3.63, 3.8) is 0 Å². The molecule has 0 bridgehead atoms. The Bertz CT molecular complexity index is 621. The number of hydrogen-bond acceptors (Lipinski definition) is 4. The molecule has 0 aliphatic carbocycles. The van der Waals surface area contributed by atoms with Crippen molar-refractivity contribution in [3.8, 4) is 0 Å². The largest absolute Gasteiger partial charge is 0.388 e. The lowest BCUT2D eigenvalue weighted by molar-refractivity contribution is 0.0983. The van der Waals surface area contributed by atoms with Crippen molar-refractivity contribution in [1.29, 1.82) is 0 Å². The zero-order chi connectivity index (χ0) is 16.5. The molecule has 0 saturated heterocycles. The van der Waals surface area contributed by atoms with Crippen LogP contribution in [0.4, 0.5) is 8.78 Å². The van der Waals surface area contributed by atoms with Crippen LogP contribution in [0.15, 0.2) is 36.7 Å². The van der Waals surface area contributed by atoms with Crippen molar-refractivity contribution in [1.82, 2.24) is 9.97 Å². The quantitative estimate of drug-likeness (QED) is 0.694. The van der Waals surface area contributed by atoms with Gasteiger partial charge < -0.3 is 5.11 Å². The summed E-state index contributed by atoms with van der Waals surface area (Å²) in [4.78, 5) is 17.7. The third kappa shape index (κ3) is 4.96. The van der Waals surface area contributed by atoms with Crippen LogP contribution in [0.25, 0.3) is 0 Å². The first-order chi connectivity index (χ1) is 10.5. The summed E-state index contributed by atoms with van der Waals surface area (Å²) in [6.45, 7) is 3.48. The number of nitrogens with zero attached hydrogens (tertiary/aromatic N) is 2. The van der Waals surface area contributed by atoms with Gasteiger partial charge >= 0.3 is 0 Å². The summed E-state index contributed by atoms with van der Waals surface area (Å²) in [5, 5.41) is 9.23. The Hall–Kier alpha value is -2.21. The average Bonchev–Trinajstić information content (AvgIpc) is 2.55. The number of aromatic nitrogens is 2. The summed E-state index contributed by atoms with van der Waals surface area (Å²) in [5.74, 6) is -1.48. The van der Waals surface area contributed by atoms with Gasteiger partial charge in [-0.3, -0.25) is 4.79 Å². The van der Waals surface area contributed by atoms with Crippen molar-refractivity contribution in [3.05, 3.63) is 59.7 Å². The zero-order valence-electron chi connectivity index (χ0n) is 12.5. The van der Waals surface area contributed by atoms with E-state index in [1.54, 1.807) is 26.0 Å². The van der Waals surface area contributed by atoms with E-state index in [-0.39, 0.29) is 16.9 Å². The van der Waals surface area contributed by atoms with E-state index in [2.05, 4.69) is 9.97 Å². The first-order valence-electron chi connectivity index (χ1n) is 6.93. The number of hydrogen-bond donors (Lipinski definition) is 1. The van der Waals surface area contributed by atoms with E-state index in [9.17, 15) is 18.7 Å². The fourth-order valence-electron chi connectivity index (χ4n) is 1.65. The summed E-state index contributed by atoms with van der Waals surface area (Å²) in [6, 6.07) is 6.13. The van der Waals surface area contributed by atoms with Crippen LogP contribution in [0.5, 0.6) is 0 Å². The molecule has 2 aromatic heterocycles. The molecule has 22 heavy (non-hydrogen) atoms. The molecule has 0 aromatic carbocycles. The standard InChI is InChI=1S/C8H10FNO.C8H8FNO/c2*1-2-7(11)6-4-3-5-10-8(6)9/h3-5,7,11H,2H2,1H3;3-5H,2H2,1H3. The van der Waals surface area contributed by atoms with Crippen LogP contribution in [-0.2, 0) is 0 Å². The van der Waals surface area contributed by atoms with Crippen LogP contribution in [0.1, 0.15) is 48.7 Å². The summed E-state index contributed by atoms with van der Waals surface area (Å²) >= 11 is 0. The molecule has 0 saturated carbocycles. The van der Waals surface area contributed by atoms with Gasteiger partial charge in [0.2, 0.25) is 11.9 Å². The second-order valence-electron chi connectivity index (χ2n) is 4.43. The highest BCUT2D eigenvalue weighted by Gasteiger charge is 2.10. The number of rotatable bonds is 4. The Balaban J connectivity index is 0.000000220. The molecule has 0 radical (unpaired) electrons. The van der Waals surface area contributed by atoms with E-state index < -0.39 is 18.0 Å². The molecule has 2 rings (SSSR count). The highest BCUT2D eigenvalue weighted by Crippen LogP contribution is 2.16. The highest BCUT2D eigenvalue weighted by atomic mass is 19.1. The third-order valence-electron chi connectivity index (χ3n) is 2.91. The van der Waals surface area contributed by atoms with Gasteiger partial charge in [0.05, 0.1) is 11.7 Å². The minimum atomic E-state index is -0.733. The van der Waals surface area contributed by atoms with Crippen molar-refractivity contribution in [2.45, 2.75) is 32.8 Å². The Morgan fingerprint density at radius 1 is 1.14 bits per heavy atom. The summed E-state index contributed by atoms with van der Waals surface area (Å²) in [5.41, 5.74) is 0.352. The smallest absolute Gasteiger partial charge is 0.223 e. The number of carbonyl (C=O) groups excluding carboxylic acids is 1. The van der Waals surface area contributed by atoms with E-state index in [4.69, 9.17) is 0 Å². The molecular formula is C16H18F2N2O2. The number of carbonyl (C=O) groups is 1. The van der Waals surface area contributed by atoms with Gasteiger partial charge in [-0.2, -0.15) is 8.78 Å². The number of halogens is 2. The molecule has 1 N–H and O–H groups in total. The molecule has 6 heteroatoms. The van der Waals surface area contributed by atoms with Crippen LogP contribution >= 0.6 is 0 Å². The van der Waals surface area contributed by atoms with Gasteiger partial charge in [-0.25, -0.2) is 9.97 Å². The first-order valence-corrected chi connectivity index (χ1v) is 6.93. The summed E-state index contributed by atoms with van der Waals surface area (Å²) in [6.07, 6.45) is 2.76. The predicted molar refractivity (Wildman–Crippen MR) is 78.3 cm³/mol. The Labute approximate surface area is 127 Å². The fraction of sp³-hybridized carbons (Fsp3) is 0.312. The lowest BCUT2D eigenvalue weighted by Crippen LogP contribution is -2.01. The maximum Gasteiger partial charge on any atom is 0.223 e. The van der Waals surface area contributed by atoms with E-state index in [1.165, 1.54) is 24.5 Å². The maximum absolute atomic E-state index is 12.8. The average molecular weight is 308 g/mol. The molecule has 0 spiro atoms. The molecule has 2 aromatic rings. The number of aliphatic hydroxyl groups excluding tert-OH is 1. The van der Waals surface area contributed by atoms with Crippen molar-refractivity contribution >= 4 is 5.78 Å². The van der Waals surface area contributed by atoms with Crippen molar-refractivity contribution in [2.75, 3.05) is 0 Å². The number of Topliss-reactive ketones (excluding diaryl/α,β-unsaturated/α-hetero) is 1. The fourth-order valence-corrected chi connectivity index (χ4v) is 1.65. The van der Waals surface area contributed by atoms with Crippen molar-refractivity contribution in [2.24, 2.45) is 0 Å². The second-order valence-corrected chi connectivity index (χ2v) is 4.43. The number of aliphatic hydroxyl groups is 1. The predicted octanol–water partition coefficient (Wildman–Crippen LogP) is 3.48. The van der Waals surface area contributed by atoms with Gasteiger partial charge in [0.15, 0.2) is 5.78 Å². The molecule has 0 aliphatic heterocycles. The monoisotopic (exact) mass is 308 g/mol. The molecule has 1 atom stereocenters. The lowest BCUT2D eigenvalue weighted by atomic mass is 10.1. The van der Waals surface area contributed by atoms with E-state index >= 15 is 0 Å². The van der Waals surface area contributed by atoms with Crippen LogP contribution in [0.2, 0.25) is 0 Å². The van der Waals surface area contributed by atoms with E-state index in [0.717, 1.165) is 0 Å². The SMILES string of the molecule is CCC(=O)c1cccnc1F.CCC(O)c1cccnc1F. The van der Waals surface area contributed by atoms with Crippen LogP contribution in [0, 0.1) is 11.9 Å². The molecule has 0 fully saturated rings. The molecule has 1 unspecified atom stereocenters. The second kappa shape index (κ2) is 8.94. The van der Waals surface area contributed by atoms with Gasteiger partial charge in [0, 0.05) is 24.4 Å². The van der Waals surface area contributed by atoms with E-state index in [1.807, 2.05) is 0 Å². The Morgan fingerprint density at radius 3 is 2.23 bits per heavy atom. The maximum atomic E-state index is 12.8. The lowest BCUT2D eigenvalue weighted by Gasteiger charge is -2.06. The van der Waals surface area contributed by atoms with Crippen LogP contribution in [-0.4, -0.2) is 20.9 Å². The van der Waals surface area contributed by atoms with E-state index in [0.29, 0.717) is 12.8 Å². The van der Waals surface area contributed by atoms with Gasteiger partial charge in [0.1, 0.15) is 0 Å². The van der Waals surface area contributed by atoms with Gasteiger partial charge in [0.25, 0.3) is 0 Å². The normalized spacial score (nSPS) is 11.3. The summed E-state index contributed by atoms with van der Waals surface area (Å²) < 4.78 is 25.5. The molecule has 0 amide bonds. The number of ketones is 1. The molecule has 0 aliphatic rings.